The number of aryl methyl sites for hydroxylation is 1. The molecule has 8 heteroatoms. The molecule has 0 saturated carbocycles. The number of halogens is 3. The molecule has 5 nitrogen and oxygen atoms in total. The molecule has 0 heterocycles. The van der Waals surface area contributed by atoms with E-state index in [1.807, 2.05) is 38.1 Å². The van der Waals surface area contributed by atoms with Crippen molar-refractivity contribution in [1.82, 2.24) is 5.32 Å². The zero-order valence-electron chi connectivity index (χ0n) is 16.6. The first-order chi connectivity index (χ1) is 13.7. The second-order valence-corrected chi connectivity index (χ2v) is 7.02. The van der Waals surface area contributed by atoms with Gasteiger partial charge in [0.2, 0.25) is 0 Å². The van der Waals surface area contributed by atoms with Gasteiger partial charge < -0.3 is 15.5 Å². The van der Waals surface area contributed by atoms with Crippen LogP contribution in [0.1, 0.15) is 30.5 Å². The molecule has 29 heavy (non-hydrogen) atoms. The van der Waals surface area contributed by atoms with Gasteiger partial charge in [0.25, 0.3) is 11.8 Å². The normalized spacial score (nSPS) is 12.9. The Labute approximate surface area is 167 Å². The van der Waals surface area contributed by atoms with Gasteiger partial charge in [-0.15, -0.1) is 0 Å². The summed E-state index contributed by atoms with van der Waals surface area (Å²) in [6.07, 6.45) is 0.712. The van der Waals surface area contributed by atoms with Gasteiger partial charge in [-0.25, -0.2) is 13.2 Å². The minimum absolute atomic E-state index is 0.0239. The van der Waals surface area contributed by atoms with Crippen molar-refractivity contribution in [3.8, 4) is 0 Å². The first-order valence-electron chi connectivity index (χ1n) is 9.31. The molecule has 0 aliphatic rings. The highest BCUT2D eigenvalue weighted by molar-refractivity contribution is 5.91. The van der Waals surface area contributed by atoms with E-state index in [4.69, 9.17) is 0 Å². The van der Waals surface area contributed by atoms with Gasteiger partial charge >= 0.3 is 0 Å². The van der Waals surface area contributed by atoms with Crippen LogP contribution in [0.5, 0.6) is 0 Å². The minimum atomic E-state index is -1.65. The Morgan fingerprint density at radius 3 is 2.21 bits per heavy atom. The maximum Gasteiger partial charge on any atom is 0.279 e. The van der Waals surface area contributed by atoms with Crippen LogP contribution in [0.15, 0.2) is 36.4 Å². The van der Waals surface area contributed by atoms with Crippen LogP contribution in [0.25, 0.3) is 0 Å². The van der Waals surface area contributed by atoms with Gasteiger partial charge in [-0.3, -0.25) is 9.59 Å². The lowest BCUT2D eigenvalue weighted by Gasteiger charge is -2.19. The highest BCUT2D eigenvalue weighted by Gasteiger charge is 2.20. The molecule has 0 radical (unpaired) electrons. The Bertz CT molecular complexity index is 872. The lowest BCUT2D eigenvalue weighted by Crippen LogP contribution is -3.11. The average molecular weight is 408 g/mol. The molecule has 0 aliphatic heterocycles. The van der Waals surface area contributed by atoms with Crippen LogP contribution in [0.2, 0.25) is 0 Å². The van der Waals surface area contributed by atoms with Crippen LogP contribution in [-0.2, 0) is 9.59 Å². The van der Waals surface area contributed by atoms with Crippen molar-refractivity contribution in [2.75, 3.05) is 25.5 Å². The molecule has 0 spiro atoms. The Balaban J connectivity index is 1.88. The van der Waals surface area contributed by atoms with E-state index < -0.39 is 29.0 Å². The second kappa shape index (κ2) is 10.1. The van der Waals surface area contributed by atoms with Gasteiger partial charge in [0, 0.05) is 0 Å². The van der Waals surface area contributed by atoms with Crippen LogP contribution in [-0.4, -0.2) is 32.0 Å². The van der Waals surface area contributed by atoms with Crippen molar-refractivity contribution in [3.05, 3.63) is 65.0 Å². The standard InChI is InChI=1S/C21H24F3N3O2/c1-4-16(14-7-5-13(2)6-8-14)25-18(28)11-27(3)12-19(29)26-17-10-9-15(22)20(23)21(17)24/h5-10,16H,4,11-12H2,1-3H3,(H,25,28)(H,26,29)/p+1/t16-/m0/s1. The third-order valence-electron chi connectivity index (χ3n) is 4.46. The summed E-state index contributed by atoms with van der Waals surface area (Å²) in [7, 11) is 1.63. The number of hydrogen-bond donors (Lipinski definition) is 3. The molecule has 156 valence electrons. The van der Waals surface area contributed by atoms with E-state index >= 15 is 0 Å². The molecule has 0 aliphatic carbocycles. The van der Waals surface area contributed by atoms with E-state index in [9.17, 15) is 22.8 Å². The number of quaternary nitrogens is 1. The van der Waals surface area contributed by atoms with Crippen LogP contribution in [0, 0.1) is 24.4 Å². The molecule has 2 rings (SSSR count). The number of hydrogen-bond acceptors (Lipinski definition) is 2. The minimum Gasteiger partial charge on any atom is -0.344 e. The summed E-state index contributed by atoms with van der Waals surface area (Å²) in [6.45, 7) is 3.83. The molecule has 2 aromatic carbocycles. The van der Waals surface area contributed by atoms with E-state index in [-0.39, 0.29) is 25.0 Å². The Kier molecular flexibility index (Phi) is 7.78. The van der Waals surface area contributed by atoms with Crippen molar-refractivity contribution < 1.29 is 27.7 Å². The molecule has 2 atom stereocenters. The number of rotatable bonds is 8. The van der Waals surface area contributed by atoms with Crippen molar-refractivity contribution >= 4 is 17.5 Å². The molecule has 0 bridgehead atoms. The van der Waals surface area contributed by atoms with Crippen LogP contribution >= 0.6 is 0 Å². The van der Waals surface area contributed by atoms with Crippen molar-refractivity contribution in [1.29, 1.82) is 0 Å². The Hall–Kier alpha value is -2.87. The number of benzene rings is 2. The van der Waals surface area contributed by atoms with Crippen molar-refractivity contribution in [3.63, 3.8) is 0 Å². The maximum absolute atomic E-state index is 13.6. The summed E-state index contributed by atoms with van der Waals surface area (Å²) in [5.74, 6) is -5.30. The molecule has 2 aromatic rings. The molecule has 0 fully saturated rings. The fraction of sp³-hybridized carbons (Fsp3) is 0.333. The van der Waals surface area contributed by atoms with Gasteiger partial charge in [-0.2, -0.15) is 0 Å². The fourth-order valence-electron chi connectivity index (χ4n) is 2.89. The maximum atomic E-state index is 13.6. The summed E-state index contributed by atoms with van der Waals surface area (Å²) >= 11 is 0. The SMILES string of the molecule is CC[C@H](NC(=O)C[NH+](C)CC(=O)Nc1ccc(F)c(F)c1F)c1ccc(C)cc1. The average Bonchev–Trinajstić information content (AvgIpc) is 2.67. The summed E-state index contributed by atoms with van der Waals surface area (Å²) in [6, 6.07) is 9.41. The number of carbonyl (C=O) groups excluding carboxylic acids is 2. The summed E-state index contributed by atoms with van der Waals surface area (Å²) < 4.78 is 39.8. The first kappa shape index (κ1) is 22.4. The number of amides is 2. The molecule has 0 aromatic heterocycles. The predicted octanol–water partition coefficient (Wildman–Crippen LogP) is 2.13. The highest BCUT2D eigenvalue weighted by atomic mass is 19.2. The third-order valence-corrected chi connectivity index (χ3v) is 4.46. The van der Waals surface area contributed by atoms with Gasteiger partial charge in [-0.05, 0) is 31.0 Å². The molecule has 1 unspecified atom stereocenters. The lowest BCUT2D eigenvalue weighted by atomic mass is 10.0. The zero-order chi connectivity index (χ0) is 21.6. The fourth-order valence-corrected chi connectivity index (χ4v) is 2.89. The predicted molar refractivity (Wildman–Crippen MR) is 104 cm³/mol. The van der Waals surface area contributed by atoms with Crippen molar-refractivity contribution in [2.45, 2.75) is 26.3 Å². The van der Waals surface area contributed by atoms with Gasteiger partial charge in [0.1, 0.15) is 0 Å². The van der Waals surface area contributed by atoms with Crippen LogP contribution in [0.4, 0.5) is 18.9 Å². The van der Waals surface area contributed by atoms with Crippen LogP contribution in [0.3, 0.4) is 0 Å². The molecule has 0 saturated heterocycles. The Morgan fingerprint density at radius 2 is 1.59 bits per heavy atom. The molecule has 3 N–H and O–H groups in total. The van der Waals surface area contributed by atoms with Gasteiger partial charge in [-0.1, -0.05) is 36.8 Å². The van der Waals surface area contributed by atoms with Crippen LogP contribution < -0.4 is 15.5 Å². The lowest BCUT2D eigenvalue weighted by molar-refractivity contribution is -0.862. The van der Waals surface area contributed by atoms with E-state index in [0.717, 1.165) is 23.3 Å². The van der Waals surface area contributed by atoms with E-state index in [2.05, 4.69) is 10.6 Å². The van der Waals surface area contributed by atoms with Gasteiger partial charge in [0.15, 0.2) is 30.5 Å². The van der Waals surface area contributed by atoms with Crippen molar-refractivity contribution in [2.24, 2.45) is 0 Å². The van der Waals surface area contributed by atoms with Gasteiger partial charge in [0.05, 0.1) is 18.8 Å². The van der Waals surface area contributed by atoms with E-state index in [1.165, 1.54) is 0 Å². The molecule has 2 amide bonds. The third kappa shape index (κ3) is 6.32. The quantitative estimate of drug-likeness (QED) is 0.586. The number of nitrogens with one attached hydrogen (secondary N) is 3. The highest BCUT2D eigenvalue weighted by Crippen LogP contribution is 2.19. The zero-order valence-corrected chi connectivity index (χ0v) is 16.6. The molecular weight excluding hydrogens is 383 g/mol. The van der Waals surface area contributed by atoms with E-state index in [1.54, 1.807) is 7.05 Å². The smallest absolute Gasteiger partial charge is 0.279 e. The number of likely N-dealkylation sites (N-methyl/N-ethyl adjacent to an activating group) is 1. The topological polar surface area (TPSA) is 62.6 Å². The largest absolute Gasteiger partial charge is 0.344 e. The molecular formula is C21H25F3N3O2+. The Morgan fingerprint density at radius 1 is 0.966 bits per heavy atom. The number of carbonyl (C=O) groups is 2. The van der Waals surface area contributed by atoms with E-state index in [0.29, 0.717) is 11.3 Å². The monoisotopic (exact) mass is 408 g/mol. The summed E-state index contributed by atoms with van der Waals surface area (Å²) in [5, 5.41) is 5.13. The summed E-state index contributed by atoms with van der Waals surface area (Å²) in [5.41, 5.74) is 1.68. The summed E-state index contributed by atoms with van der Waals surface area (Å²) in [4.78, 5) is 24.9. The first-order valence-corrected chi connectivity index (χ1v) is 9.31. The second-order valence-electron chi connectivity index (χ2n) is 7.02. The number of anilines is 1.